The largest absolute Gasteiger partial charge is 0.444 e. The molecule has 1 unspecified atom stereocenters. The van der Waals surface area contributed by atoms with Gasteiger partial charge in [-0.15, -0.1) is 5.06 Å². The number of amides is 3. The average molecular weight is 362 g/mol. The van der Waals surface area contributed by atoms with Crippen molar-refractivity contribution in [1.29, 1.82) is 0 Å². The summed E-state index contributed by atoms with van der Waals surface area (Å²) in [6.45, 7) is 5.08. The maximum absolute atomic E-state index is 12.5. The smallest absolute Gasteiger partial charge is 0.408 e. The van der Waals surface area contributed by atoms with Crippen molar-refractivity contribution in [3.63, 3.8) is 0 Å². The lowest BCUT2D eigenvalue weighted by molar-refractivity contribution is -0.198. The van der Waals surface area contributed by atoms with E-state index in [-0.39, 0.29) is 19.3 Å². The van der Waals surface area contributed by atoms with E-state index in [0.717, 1.165) is 5.56 Å². The molecule has 1 aliphatic heterocycles. The zero-order valence-corrected chi connectivity index (χ0v) is 15.0. The first-order valence-corrected chi connectivity index (χ1v) is 8.27. The van der Waals surface area contributed by atoms with Crippen molar-refractivity contribution in [3.05, 3.63) is 35.9 Å². The molecule has 0 saturated carbocycles. The minimum Gasteiger partial charge on any atom is -0.444 e. The van der Waals surface area contributed by atoms with Crippen LogP contribution in [0.4, 0.5) is 4.79 Å². The van der Waals surface area contributed by atoms with Crippen LogP contribution in [0.1, 0.15) is 39.2 Å². The minimum atomic E-state index is -1.12. The Kier molecular flexibility index (Phi) is 5.97. The van der Waals surface area contributed by atoms with Crippen LogP contribution in [0.15, 0.2) is 30.3 Å². The number of rotatable bonds is 5. The Morgan fingerprint density at radius 2 is 1.69 bits per heavy atom. The molecule has 1 atom stereocenters. The fraction of sp³-hybridized carbons (Fsp3) is 0.444. The van der Waals surface area contributed by atoms with Gasteiger partial charge in [0.15, 0.2) is 0 Å². The third kappa shape index (κ3) is 5.58. The number of hydrogen-bond donors (Lipinski definition) is 1. The van der Waals surface area contributed by atoms with Gasteiger partial charge in [0.1, 0.15) is 11.6 Å². The lowest BCUT2D eigenvalue weighted by atomic mass is 10.1. The normalized spacial score (nSPS) is 15.6. The highest BCUT2D eigenvalue weighted by Crippen LogP contribution is 2.14. The highest BCUT2D eigenvalue weighted by atomic mass is 16.7. The second-order valence-corrected chi connectivity index (χ2v) is 6.88. The summed E-state index contributed by atoms with van der Waals surface area (Å²) in [5.41, 5.74) is 0.0243. The number of imide groups is 1. The first-order chi connectivity index (χ1) is 12.2. The van der Waals surface area contributed by atoms with Crippen molar-refractivity contribution in [3.8, 4) is 0 Å². The Bertz CT molecular complexity index is 679. The van der Waals surface area contributed by atoms with Crippen molar-refractivity contribution in [2.75, 3.05) is 0 Å². The maximum Gasteiger partial charge on any atom is 0.408 e. The van der Waals surface area contributed by atoms with Crippen molar-refractivity contribution in [1.82, 2.24) is 10.4 Å². The Morgan fingerprint density at radius 3 is 2.23 bits per heavy atom. The van der Waals surface area contributed by atoms with Gasteiger partial charge in [0.2, 0.25) is 0 Å². The SMILES string of the molecule is CC(C)(C)OC(=O)NC(Cc1ccccc1)C(=O)ON1C(=O)CCC1=O. The number of carbonyl (C=O) groups is 4. The summed E-state index contributed by atoms with van der Waals surface area (Å²) in [4.78, 5) is 52.7. The fourth-order valence-corrected chi connectivity index (χ4v) is 2.30. The summed E-state index contributed by atoms with van der Waals surface area (Å²) in [7, 11) is 0. The van der Waals surface area contributed by atoms with Crippen LogP contribution in [0.5, 0.6) is 0 Å². The van der Waals surface area contributed by atoms with Crippen molar-refractivity contribution < 1.29 is 28.8 Å². The molecule has 1 N–H and O–H groups in total. The average Bonchev–Trinajstić information content (AvgIpc) is 2.85. The topological polar surface area (TPSA) is 102 Å². The van der Waals surface area contributed by atoms with E-state index >= 15 is 0 Å². The zero-order valence-electron chi connectivity index (χ0n) is 15.0. The van der Waals surface area contributed by atoms with E-state index in [1.807, 2.05) is 6.07 Å². The summed E-state index contributed by atoms with van der Waals surface area (Å²) >= 11 is 0. The molecule has 3 amide bonds. The molecule has 0 bridgehead atoms. The Balaban J connectivity index is 2.11. The molecule has 0 spiro atoms. The molecule has 0 aliphatic carbocycles. The number of hydroxylamine groups is 2. The summed E-state index contributed by atoms with van der Waals surface area (Å²) in [6.07, 6.45) is -0.687. The Hall–Kier alpha value is -2.90. The number of benzene rings is 1. The molecule has 1 aromatic carbocycles. The van der Waals surface area contributed by atoms with E-state index in [9.17, 15) is 19.2 Å². The van der Waals surface area contributed by atoms with Gasteiger partial charge in [0.25, 0.3) is 11.8 Å². The molecule has 1 fully saturated rings. The summed E-state index contributed by atoms with van der Waals surface area (Å²) in [6, 6.07) is 7.84. The van der Waals surface area contributed by atoms with Gasteiger partial charge >= 0.3 is 12.1 Å². The quantitative estimate of drug-likeness (QED) is 0.801. The highest BCUT2D eigenvalue weighted by Gasteiger charge is 2.35. The molecule has 1 heterocycles. The van der Waals surface area contributed by atoms with Crippen molar-refractivity contribution in [2.24, 2.45) is 0 Å². The van der Waals surface area contributed by atoms with Crippen LogP contribution in [0.3, 0.4) is 0 Å². The third-order valence-corrected chi connectivity index (χ3v) is 3.45. The van der Waals surface area contributed by atoms with Crippen LogP contribution in [-0.2, 0) is 30.4 Å². The summed E-state index contributed by atoms with van der Waals surface area (Å²) in [5.74, 6) is -2.08. The minimum absolute atomic E-state index is 0.00500. The molecular formula is C18H22N2O6. The molecule has 26 heavy (non-hydrogen) atoms. The van der Waals surface area contributed by atoms with Gasteiger partial charge in [-0.3, -0.25) is 9.59 Å². The van der Waals surface area contributed by atoms with Crippen LogP contribution in [0.2, 0.25) is 0 Å². The van der Waals surface area contributed by atoms with E-state index in [2.05, 4.69) is 5.32 Å². The molecular weight excluding hydrogens is 340 g/mol. The molecule has 0 radical (unpaired) electrons. The monoisotopic (exact) mass is 362 g/mol. The van der Waals surface area contributed by atoms with Gasteiger partial charge in [-0.25, -0.2) is 9.59 Å². The van der Waals surface area contributed by atoms with Gasteiger partial charge < -0.3 is 14.9 Å². The third-order valence-electron chi connectivity index (χ3n) is 3.45. The maximum atomic E-state index is 12.5. The number of ether oxygens (including phenoxy) is 1. The second-order valence-electron chi connectivity index (χ2n) is 6.88. The van der Waals surface area contributed by atoms with Gasteiger partial charge in [-0.2, -0.15) is 0 Å². The molecule has 1 saturated heterocycles. The van der Waals surface area contributed by atoms with Crippen LogP contribution in [-0.4, -0.2) is 40.6 Å². The van der Waals surface area contributed by atoms with Crippen LogP contribution in [0, 0.1) is 0 Å². The lowest BCUT2D eigenvalue weighted by Crippen LogP contribution is -2.48. The van der Waals surface area contributed by atoms with E-state index in [4.69, 9.17) is 9.57 Å². The fourth-order valence-electron chi connectivity index (χ4n) is 2.30. The Morgan fingerprint density at radius 1 is 1.12 bits per heavy atom. The number of nitrogens with one attached hydrogen (secondary N) is 1. The first-order valence-electron chi connectivity index (χ1n) is 8.27. The molecule has 140 valence electrons. The molecule has 8 heteroatoms. The van der Waals surface area contributed by atoms with Crippen molar-refractivity contribution in [2.45, 2.75) is 51.7 Å². The molecule has 8 nitrogen and oxygen atoms in total. The van der Waals surface area contributed by atoms with Gasteiger partial charge in [0, 0.05) is 19.3 Å². The molecule has 1 aliphatic rings. The number of carbonyl (C=O) groups excluding carboxylic acids is 4. The first kappa shape index (κ1) is 19.4. The van der Waals surface area contributed by atoms with E-state index < -0.39 is 35.5 Å². The zero-order chi connectivity index (χ0) is 19.3. The van der Waals surface area contributed by atoms with Gasteiger partial charge in [-0.1, -0.05) is 30.3 Å². The predicted molar refractivity (Wildman–Crippen MR) is 90.5 cm³/mol. The summed E-state index contributed by atoms with van der Waals surface area (Å²) in [5, 5.41) is 2.90. The van der Waals surface area contributed by atoms with Crippen LogP contribution in [0.25, 0.3) is 0 Å². The Labute approximate surface area is 151 Å². The van der Waals surface area contributed by atoms with E-state index in [1.54, 1.807) is 45.0 Å². The van der Waals surface area contributed by atoms with E-state index in [1.165, 1.54) is 0 Å². The number of alkyl carbamates (subject to hydrolysis) is 1. The van der Waals surface area contributed by atoms with Gasteiger partial charge in [0.05, 0.1) is 0 Å². The predicted octanol–water partition coefficient (Wildman–Crippen LogP) is 1.73. The lowest BCUT2D eigenvalue weighted by Gasteiger charge is -2.23. The van der Waals surface area contributed by atoms with Crippen molar-refractivity contribution >= 4 is 23.9 Å². The van der Waals surface area contributed by atoms with Crippen LogP contribution >= 0.6 is 0 Å². The molecule has 1 aromatic rings. The standard InChI is InChI=1S/C18H22N2O6/c1-18(2,3)25-17(24)19-13(11-12-7-5-4-6-8-12)16(23)26-20-14(21)9-10-15(20)22/h4-8,13H,9-11H2,1-3H3,(H,19,24). The number of hydrogen-bond acceptors (Lipinski definition) is 6. The van der Waals surface area contributed by atoms with Gasteiger partial charge in [-0.05, 0) is 26.3 Å². The molecule has 2 rings (SSSR count). The highest BCUT2D eigenvalue weighted by molar-refractivity contribution is 6.01. The number of nitrogens with zero attached hydrogens (tertiary/aromatic N) is 1. The second kappa shape index (κ2) is 7.99. The van der Waals surface area contributed by atoms with E-state index in [0.29, 0.717) is 5.06 Å². The summed E-state index contributed by atoms with van der Waals surface area (Å²) < 4.78 is 5.16. The molecule has 0 aromatic heterocycles. The van der Waals surface area contributed by atoms with Crippen LogP contribution < -0.4 is 5.32 Å².